The van der Waals surface area contributed by atoms with Gasteiger partial charge in [-0.25, -0.2) is 14.2 Å². The van der Waals surface area contributed by atoms with E-state index in [4.69, 9.17) is 10.5 Å². The standard InChI is InChI=1S/C23H22FN3O5S/c1-4-23(30)14-6-17-20-12(8-27(17)21(28)13(14)9-32-22(23)29)19(10(2)25)11-5-18(33(3)31)15(24)7-16(11)26-20/h5-7,10,30H,4,8-9,25H2,1-3H3/t10-,23+,33-/m1/s1. The summed E-state index contributed by atoms with van der Waals surface area (Å²) in [4.78, 5) is 30.4. The minimum Gasteiger partial charge on any atom is -0.458 e. The van der Waals surface area contributed by atoms with E-state index in [1.54, 1.807) is 19.9 Å². The van der Waals surface area contributed by atoms with Crippen LogP contribution in [0.5, 0.6) is 0 Å². The molecule has 0 bridgehead atoms. The first-order chi connectivity index (χ1) is 15.6. The van der Waals surface area contributed by atoms with Gasteiger partial charge in [0.25, 0.3) is 5.56 Å². The second-order valence-corrected chi connectivity index (χ2v) is 9.85. The zero-order chi connectivity index (χ0) is 23.8. The average Bonchev–Trinajstić information content (AvgIpc) is 3.12. The van der Waals surface area contributed by atoms with E-state index in [0.29, 0.717) is 33.4 Å². The molecule has 0 saturated heterocycles. The molecule has 1 aromatic carbocycles. The Hall–Kier alpha value is -2.95. The van der Waals surface area contributed by atoms with Crippen molar-refractivity contribution in [3.8, 4) is 11.4 Å². The largest absolute Gasteiger partial charge is 0.458 e. The highest BCUT2D eigenvalue weighted by Crippen LogP contribution is 2.41. The number of cyclic esters (lactones) is 1. The van der Waals surface area contributed by atoms with E-state index in [0.717, 1.165) is 0 Å². The van der Waals surface area contributed by atoms with Crippen LogP contribution in [0.2, 0.25) is 0 Å². The Morgan fingerprint density at radius 2 is 2.06 bits per heavy atom. The number of nitrogens with zero attached hydrogens (tertiary/aromatic N) is 2. The van der Waals surface area contributed by atoms with Gasteiger partial charge >= 0.3 is 5.97 Å². The van der Waals surface area contributed by atoms with Crippen molar-refractivity contribution < 1.29 is 23.2 Å². The highest BCUT2D eigenvalue weighted by molar-refractivity contribution is 7.84. The number of fused-ring (bicyclic) bond motifs is 5. The summed E-state index contributed by atoms with van der Waals surface area (Å²) in [5.41, 5.74) is 6.97. The lowest BCUT2D eigenvalue weighted by Crippen LogP contribution is -2.44. The molecule has 0 unspecified atom stereocenters. The van der Waals surface area contributed by atoms with E-state index in [9.17, 15) is 23.3 Å². The Labute approximate surface area is 190 Å². The number of hydrogen-bond acceptors (Lipinski definition) is 7. The van der Waals surface area contributed by atoms with Gasteiger partial charge in [-0.1, -0.05) is 6.92 Å². The van der Waals surface area contributed by atoms with Gasteiger partial charge in [0, 0.05) is 34.9 Å². The number of halogens is 1. The number of benzene rings is 1. The van der Waals surface area contributed by atoms with Crippen molar-refractivity contribution >= 4 is 27.7 Å². The van der Waals surface area contributed by atoms with Crippen LogP contribution in [0.4, 0.5) is 4.39 Å². The molecule has 4 heterocycles. The van der Waals surface area contributed by atoms with Crippen molar-refractivity contribution in [2.45, 2.75) is 50.0 Å². The number of aromatic nitrogens is 2. The Morgan fingerprint density at radius 1 is 1.33 bits per heavy atom. The summed E-state index contributed by atoms with van der Waals surface area (Å²) < 4.78 is 33.2. The molecule has 0 radical (unpaired) electrons. The van der Waals surface area contributed by atoms with E-state index in [1.165, 1.54) is 23.0 Å². The molecule has 3 N–H and O–H groups in total. The third kappa shape index (κ3) is 2.94. The number of rotatable bonds is 3. The van der Waals surface area contributed by atoms with Gasteiger partial charge in [-0.2, -0.15) is 0 Å². The first kappa shape index (κ1) is 21.9. The maximum absolute atomic E-state index is 14.6. The number of carbonyl (C=O) groups excluding carboxylic acids is 1. The fourth-order valence-corrected chi connectivity index (χ4v) is 5.47. The van der Waals surface area contributed by atoms with Gasteiger partial charge in [-0.15, -0.1) is 0 Å². The summed E-state index contributed by atoms with van der Waals surface area (Å²) in [6.45, 7) is 3.36. The van der Waals surface area contributed by atoms with E-state index in [-0.39, 0.29) is 41.2 Å². The van der Waals surface area contributed by atoms with Gasteiger partial charge in [0.15, 0.2) is 5.60 Å². The van der Waals surface area contributed by atoms with Crippen LogP contribution in [0.25, 0.3) is 22.3 Å². The van der Waals surface area contributed by atoms with Crippen LogP contribution in [-0.4, -0.2) is 31.1 Å². The zero-order valence-electron chi connectivity index (χ0n) is 18.3. The van der Waals surface area contributed by atoms with Crippen molar-refractivity contribution in [1.29, 1.82) is 0 Å². The van der Waals surface area contributed by atoms with Gasteiger partial charge in [-0.3, -0.25) is 9.00 Å². The Kier molecular flexibility index (Phi) is 4.82. The van der Waals surface area contributed by atoms with E-state index < -0.39 is 34.2 Å². The van der Waals surface area contributed by atoms with Gasteiger partial charge < -0.3 is 20.1 Å². The van der Waals surface area contributed by atoms with E-state index >= 15 is 0 Å². The molecule has 2 aromatic heterocycles. The monoisotopic (exact) mass is 471 g/mol. The molecule has 3 atom stereocenters. The third-order valence-electron chi connectivity index (χ3n) is 6.55. The van der Waals surface area contributed by atoms with Crippen molar-refractivity contribution in [3.05, 3.63) is 56.6 Å². The maximum atomic E-state index is 14.6. The number of carbonyl (C=O) groups is 1. The first-order valence-corrected chi connectivity index (χ1v) is 12.1. The molecule has 0 amide bonds. The normalized spacial score (nSPS) is 20.7. The average molecular weight is 472 g/mol. The molecule has 2 aliphatic rings. The number of nitrogens with two attached hydrogens (primary N) is 1. The van der Waals surface area contributed by atoms with Crippen LogP contribution in [-0.2, 0) is 39.1 Å². The van der Waals surface area contributed by atoms with Crippen LogP contribution in [0.3, 0.4) is 0 Å². The molecule has 2 aliphatic heterocycles. The van der Waals surface area contributed by atoms with Crippen LogP contribution in [0.1, 0.15) is 48.6 Å². The van der Waals surface area contributed by atoms with Gasteiger partial charge in [0.2, 0.25) is 0 Å². The van der Waals surface area contributed by atoms with Gasteiger partial charge in [-0.05, 0) is 31.0 Å². The summed E-state index contributed by atoms with van der Waals surface area (Å²) in [6, 6.07) is 3.84. The van der Waals surface area contributed by atoms with Gasteiger partial charge in [0.1, 0.15) is 12.4 Å². The number of pyridine rings is 2. The lowest BCUT2D eigenvalue weighted by molar-refractivity contribution is -0.172. The molecule has 0 aliphatic carbocycles. The number of hydrogen-bond donors (Lipinski definition) is 2. The molecule has 10 heteroatoms. The summed E-state index contributed by atoms with van der Waals surface area (Å²) in [6.07, 6.45) is 1.43. The predicted octanol–water partition coefficient (Wildman–Crippen LogP) is 1.98. The third-order valence-corrected chi connectivity index (χ3v) is 7.48. The van der Waals surface area contributed by atoms with Crippen LogP contribution < -0.4 is 11.3 Å². The fourth-order valence-electron chi connectivity index (χ4n) is 4.85. The minimum absolute atomic E-state index is 0.0347. The topological polar surface area (TPSA) is 125 Å². The quantitative estimate of drug-likeness (QED) is 0.438. The highest BCUT2D eigenvalue weighted by atomic mass is 32.2. The molecule has 5 rings (SSSR count). The van der Waals surface area contributed by atoms with Crippen molar-refractivity contribution in [2.24, 2.45) is 5.73 Å². The molecule has 8 nitrogen and oxygen atoms in total. The summed E-state index contributed by atoms with van der Waals surface area (Å²) in [7, 11) is -1.55. The first-order valence-electron chi connectivity index (χ1n) is 10.5. The van der Waals surface area contributed by atoms with Gasteiger partial charge in [0.05, 0.1) is 44.7 Å². The SMILES string of the molecule is CC[C@@]1(O)C(=O)OCc2c1cc1n(c2=O)Cc2c-1nc1cc(F)c([S@@](C)=O)cc1c2[C@@H](C)N. The summed E-state index contributed by atoms with van der Waals surface area (Å²) in [5, 5.41) is 11.6. The molecule has 33 heavy (non-hydrogen) atoms. The molecule has 0 fully saturated rings. The number of esters is 1. The fraction of sp³-hybridized carbons (Fsp3) is 0.348. The maximum Gasteiger partial charge on any atom is 0.343 e. The smallest absolute Gasteiger partial charge is 0.343 e. The summed E-state index contributed by atoms with van der Waals surface area (Å²) in [5.74, 6) is -1.44. The van der Waals surface area contributed by atoms with E-state index in [1.807, 2.05) is 0 Å². The lowest BCUT2D eigenvalue weighted by Gasteiger charge is -2.31. The lowest BCUT2D eigenvalue weighted by atomic mass is 9.86. The molecule has 172 valence electrons. The minimum atomic E-state index is -1.93. The summed E-state index contributed by atoms with van der Waals surface area (Å²) >= 11 is 0. The second-order valence-electron chi connectivity index (χ2n) is 8.50. The molecule has 0 spiro atoms. The highest BCUT2D eigenvalue weighted by Gasteiger charge is 2.45. The van der Waals surface area contributed by atoms with Crippen molar-refractivity contribution in [1.82, 2.24) is 9.55 Å². The van der Waals surface area contributed by atoms with Crippen molar-refractivity contribution in [3.63, 3.8) is 0 Å². The number of aliphatic hydroxyl groups is 1. The van der Waals surface area contributed by atoms with Crippen LogP contribution >= 0.6 is 0 Å². The Balaban J connectivity index is 1.85. The second kappa shape index (κ2) is 7.28. The molecular weight excluding hydrogens is 449 g/mol. The molecule has 0 saturated carbocycles. The van der Waals surface area contributed by atoms with Crippen LogP contribution in [0, 0.1) is 5.82 Å². The molecular formula is C23H22FN3O5S. The molecule has 3 aromatic rings. The van der Waals surface area contributed by atoms with E-state index in [2.05, 4.69) is 4.98 Å². The zero-order valence-corrected chi connectivity index (χ0v) is 19.1. The number of ether oxygens (including phenoxy) is 1. The Morgan fingerprint density at radius 3 is 2.70 bits per heavy atom. The predicted molar refractivity (Wildman–Crippen MR) is 119 cm³/mol. The van der Waals surface area contributed by atoms with Crippen molar-refractivity contribution in [2.75, 3.05) is 6.26 Å². The Bertz CT molecular complexity index is 1470. The van der Waals surface area contributed by atoms with Crippen LogP contribution in [0.15, 0.2) is 27.9 Å².